The highest BCUT2D eigenvalue weighted by molar-refractivity contribution is 6.60. The zero-order valence-electron chi connectivity index (χ0n) is 14.7. The first-order chi connectivity index (χ1) is 10.2. The Bertz CT molecular complexity index is 215. The summed E-state index contributed by atoms with van der Waals surface area (Å²) in [5.74, 6) is 0. The number of rotatable bonds is 15. The van der Waals surface area contributed by atoms with Crippen molar-refractivity contribution in [1.82, 2.24) is 10.2 Å². The lowest BCUT2D eigenvalue weighted by Crippen LogP contribution is -2.42. The fraction of sp³-hybridized carbons (Fsp3) is 1.00. The van der Waals surface area contributed by atoms with E-state index in [1.165, 1.54) is 25.9 Å². The van der Waals surface area contributed by atoms with Crippen molar-refractivity contribution in [2.24, 2.45) is 0 Å². The third-order valence-corrected chi connectivity index (χ3v) is 6.54. The third kappa shape index (κ3) is 9.60. The van der Waals surface area contributed by atoms with Gasteiger partial charge >= 0.3 is 8.80 Å². The van der Waals surface area contributed by atoms with Crippen LogP contribution in [-0.4, -0.2) is 67.8 Å². The van der Waals surface area contributed by atoms with Gasteiger partial charge in [-0.3, -0.25) is 0 Å². The molecule has 6 heteroatoms. The van der Waals surface area contributed by atoms with E-state index in [2.05, 4.69) is 24.1 Å². The molecular weight excluding hydrogens is 284 g/mol. The summed E-state index contributed by atoms with van der Waals surface area (Å²) in [4.78, 5) is 2.53. The number of unbranched alkanes of at least 4 members (excludes halogenated alkanes) is 1. The van der Waals surface area contributed by atoms with Gasteiger partial charge in [0.05, 0.1) is 0 Å². The maximum absolute atomic E-state index is 5.42. The second-order valence-electron chi connectivity index (χ2n) is 5.34. The van der Waals surface area contributed by atoms with Crippen LogP contribution in [0.15, 0.2) is 0 Å². The number of hydrogen-bond donors (Lipinski definition) is 1. The number of nitrogens with one attached hydrogen (secondary N) is 1. The zero-order valence-corrected chi connectivity index (χ0v) is 15.7. The molecule has 0 aromatic carbocycles. The van der Waals surface area contributed by atoms with Gasteiger partial charge in [-0.25, -0.2) is 0 Å². The van der Waals surface area contributed by atoms with Gasteiger partial charge in [-0.1, -0.05) is 13.8 Å². The topological polar surface area (TPSA) is 43.0 Å². The molecule has 0 spiro atoms. The van der Waals surface area contributed by atoms with Gasteiger partial charge in [-0.15, -0.1) is 0 Å². The lowest BCUT2D eigenvalue weighted by molar-refractivity contribution is 0.123. The van der Waals surface area contributed by atoms with Crippen LogP contribution < -0.4 is 5.32 Å². The fourth-order valence-electron chi connectivity index (χ4n) is 2.48. The molecule has 0 aliphatic carbocycles. The smallest absolute Gasteiger partial charge is 0.377 e. The molecule has 0 atom stereocenters. The van der Waals surface area contributed by atoms with Crippen LogP contribution in [0.4, 0.5) is 0 Å². The highest BCUT2D eigenvalue weighted by Crippen LogP contribution is 2.15. The van der Waals surface area contributed by atoms with Crippen molar-refractivity contribution in [3.05, 3.63) is 0 Å². The summed E-state index contributed by atoms with van der Waals surface area (Å²) in [5, 5.41) is 3.52. The summed E-state index contributed by atoms with van der Waals surface area (Å²) < 4.78 is 16.2. The molecule has 0 bridgehead atoms. The van der Waals surface area contributed by atoms with E-state index >= 15 is 0 Å². The molecule has 0 saturated heterocycles. The summed E-state index contributed by atoms with van der Waals surface area (Å²) in [6, 6.07) is 0.885. The average molecular weight is 321 g/mol. The van der Waals surface area contributed by atoms with E-state index in [4.69, 9.17) is 13.3 Å². The lowest BCUT2D eigenvalue weighted by atomic mass is 10.3. The molecule has 1 N–H and O–H groups in total. The highest BCUT2D eigenvalue weighted by Gasteiger charge is 2.36. The van der Waals surface area contributed by atoms with Gasteiger partial charge in [0.25, 0.3) is 0 Å². The minimum Gasteiger partial charge on any atom is -0.377 e. The predicted molar refractivity (Wildman–Crippen MR) is 90.7 cm³/mol. The maximum atomic E-state index is 5.42. The Morgan fingerprint density at radius 3 is 1.86 bits per heavy atom. The van der Waals surface area contributed by atoms with E-state index in [9.17, 15) is 0 Å². The second-order valence-corrected chi connectivity index (χ2v) is 8.43. The van der Waals surface area contributed by atoms with Crippen molar-refractivity contribution in [3.8, 4) is 0 Å². The molecule has 0 rings (SSSR count). The van der Waals surface area contributed by atoms with Gasteiger partial charge < -0.3 is 23.5 Å². The van der Waals surface area contributed by atoms with Gasteiger partial charge in [0.2, 0.25) is 0 Å². The van der Waals surface area contributed by atoms with Crippen molar-refractivity contribution in [3.63, 3.8) is 0 Å². The van der Waals surface area contributed by atoms with Crippen LogP contribution in [0.2, 0.25) is 6.04 Å². The molecule has 21 heavy (non-hydrogen) atoms. The van der Waals surface area contributed by atoms with E-state index < -0.39 is 8.80 Å². The molecule has 0 aliphatic heterocycles. The lowest BCUT2D eigenvalue weighted by Gasteiger charge is -2.24. The monoisotopic (exact) mass is 320 g/mol. The summed E-state index contributed by atoms with van der Waals surface area (Å²) in [6.07, 6.45) is 4.67. The van der Waals surface area contributed by atoms with Gasteiger partial charge in [0.15, 0.2) is 0 Å². The first-order valence-corrected chi connectivity index (χ1v) is 10.2. The fourth-order valence-corrected chi connectivity index (χ4v) is 4.27. The van der Waals surface area contributed by atoms with Gasteiger partial charge in [-0.05, 0) is 45.3 Å². The van der Waals surface area contributed by atoms with E-state index in [1.807, 2.05) is 0 Å². The molecule has 0 amide bonds. The Labute approximate surface area is 132 Å². The minimum atomic E-state index is -2.36. The quantitative estimate of drug-likeness (QED) is 0.371. The maximum Gasteiger partial charge on any atom is 0.500 e. The van der Waals surface area contributed by atoms with E-state index in [-0.39, 0.29) is 0 Å². The number of hydrogen-bond acceptors (Lipinski definition) is 5. The molecule has 0 fully saturated rings. The van der Waals surface area contributed by atoms with Gasteiger partial charge in [0.1, 0.15) is 0 Å². The van der Waals surface area contributed by atoms with Crippen molar-refractivity contribution in [1.29, 1.82) is 0 Å². The SMILES string of the molecule is CCCN(CCC)CCNCCCC[Si](OC)(OC)OC. The van der Waals surface area contributed by atoms with Crippen LogP contribution >= 0.6 is 0 Å². The molecule has 0 radical (unpaired) electrons. The molecular formula is C15H36N2O3Si. The van der Waals surface area contributed by atoms with Crippen molar-refractivity contribution < 1.29 is 13.3 Å². The van der Waals surface area contributed by atoms with Crippen molar-refractivity contribution in [2.75, 3.05) is 54.1 Å². The summed E-state index contributed by atoms with van der Waals surface area (Å²) in [7, 11) is 2.66. The molecule has 0 aromatic heterocycles. The van der Waals surface area contributed by atoms with Crippen molar-refractivity contribution in [2.45, 2.75) is 45.6 Å². The summed E-state index contributed by atoms with van der Waals surface area (Å²) in [6.45, 7) is 10.2. The molecule has 0 unspecified atom stereocenters. The van der Waals surface area contributed by atoms with Crippen LogP contribution in [0, 0.1) is 0 Å². The van der Waals surface area contributed by atoms with Crippen LogP contribution in [0.5, 0.6) is 0 Å². The molecule has 0 saturated carbocycles. The Kier molecular flexibility index (Phi) is 13.7. The van der Waals surface area contributed by atoms with Crippen molar-refractivity contribution >= 4 is 8.80 Å². The first-order valence-electron chi connectivity index (χ1n) is 8.26. The van der Waals surface area contributed by atoms with E-state index in [1.54, 1.807) is 21.3 Å². The van der Waals surface area contributed by atoms with Crippen LogP contribution in [-0.2, 0) is 13.3 Å². The predicted octanol–water partition coefficient (Wildman–Crippen LogP) is 2.36. The Morgan fingerprint density at radius 1 is 0.810 bits per heavy atom. The second kappa shape index (κ2) is 13.7. The Hall–Kier alpha value is 0.0169. The standard InChI is InChI=1S/C15H36N2O3Si/c1-6-12-17(13-7-2)14-11-16-10-8-9-15-21(18-3,19-4)20-5/h16H,6-15H2,1-5H3. The molecule has 128 valence electrons. The largest absolute Gasteiger partial charge is 0.500 e. The zero-order chi connectivity index (χ0) is 16.0. The first kappa shape index (κ1) is 21.0. The van der Waals surface area contributed by atoms with E-state index in [0.29, 0.717) is 0 Å². The van der Waals surface area contributed by atoms with Crippen LogP contribution in [0.3, 0.4) is 0 Å². The van der Waals surface area contributed by atoms with Gasteiger partial charge in [-0.2, -0.15) is 0 Å². The average Bonchev–Trinajstić information content (AvgIpc) is 2.51. The van der Waals surface area contributed by atoms with Crippen LogP contribution in [0.1, 0.15) is 39.5 Å². The van der Waals surface area contributed by atoms with Gasteiger partial charge in [0, 0.05) is 40.5 Å². The third-order valence-electron chi connectivity index (χ3n) is 3.70. The van der Waals surface area contributed by atoms with E-state index in [0.717, 1.165) is 38.5 Å². The summed E-state index contributed by atoms with van der Waals surface area (Å²) in [5.41, 5.74) is 0. The number of nitrogens with zero attached hydrogens (tertiary/aromatic N) is 1. The Balaban J connectivity index is 3.63. The molecule has 5 nitrogen and oxygen atoms in total. The summed E-state index contributed by atoms with van der Waals surface area (Å²) >= 11 is 0. The molecule has 0 aromatic rings. The molecule has 0 aliphatic rings. The normalized spacial score (nSPS) is 12.3. The Morgan fingerprint density at radius 2 is 1.38 bits per heavy atom. The van der Waals surface area contributed by atoms with Crippen LogP contribution in [0.25, 0.3) is 0 Å². The molecule has 0 heterocycles. The minimum absolute atomic E-state index is 0.885. The highest BCUT2D eigenvalue weighted by atomic mass is 28.4.